The van der Waals surface area contributed by atoms with E-state index >= 15 is 0 Å². The van der Waals surface area contributed by atoms with Crippen molar-refractivity contribution in [1.82, 2.24) is 0 Å². The van der Waals surface area contributed by atoms with Crippen molar-refractivity contribution in [2.24, 2.45) is 0 Å². The molecule has 35 heavy (non-hydrogen) atoms. The molecule has 178 valence electrons. The minimum absolute atomic E-state index is 0.0439. The van der Waals surface area contributed by atoms with Gasteiger partial charge < -0.3 is 20.4 Å². The van der Waals surface area contributed by atoms with Crippen molar-refractivity contribution in [2.75, 3.05) is 0 Å². The van der Waals surface area contributed by atoms with E-state index < -0.39 is 52.5 Å². The molecule has 9 nitrogen and oxygen atoms in total. The van der Waals surface area contributed by atoms with Crippen LogP contribution in [0.3, 0.4) is 0 Å². The second-order valence-electron chi connectivity index (χ2n) is 7.55. The number of allylic oxidation sites excluding steroid dienone is 2. The highest BCUT2D eigenvalue weighted by molar-refractivity contribution is 6.38. The molecule has 0 saturated carbocycles. The van der Waals surface area contributed by atoms with Crippen LogP contribution in [-0.4, -0.2) is 49.7 Å². The fraction of sp³-hybridized carbons (Fsp3) is 0.0800. The first-order valence-electron chi connectivity index (χ1n) is 9.99. The summed E-state index contributed by atoms with van der Waals surface area (Å²) < 4.78 is 13.3. The van der Waals surface area contributed by atoms with E-state index in [2.05, 4.69) is 0 Å². The Morgan fingerprint density at radius 3 is 1.97 bits per heavy atom. The fourth-order valence-electron chi connectivity index (χ4n) is 3.53. The zero-order chi connectivity index (χ0) is 25.9. The number of rotatable bonds is 8. The Hall–Kier alpha value is -4.86. The Bertz CT molecular complexity index is 1350. The average molecular weight is 480 g/mol. The summed E-state index contributed by atoms with van der Waals surface area (Å²) in [6.45, 7) is 0. The zero-order valence-corrected chi connectivity index (χ0v) is 17.8. The minimum atomic E-state index is -1.84. The Kier molecular flexibility index (Phi) is 7.05. The highest BCUT2D eigenvalue weighted by atomic mass is 19.1. The number of ketones is 3. The Labute approximate surface area is 196 Å². The lowest BCUT2D eigenvalue weighted by atomic mass is 9.79. The third-order valence-electron chi connectivity index (χ3n) is 5.21. The van der Waals surface area contributed by atoms with Gasteiger partial charge in [-0.05, 0) is 35.7 Å². The van der Waals surface area contributed by atoms with Crippen LogP contribution in [0.15, 0.2) is 72.0 Å². The van der Waals surface area contributed by atoms with Crippen LogP contribution in [0.25, 0.3) is 5.76 Å². The SMILES string of the molecule is O=C(O)C(=O)C=C(O)C1=CC(Cc2ccc(F)cc2)c2ccc(C(O)=CC(=O)C(=O)O)cc2C1=O. The average Bonchev–Trinajstić information content (AvgIpc) is 2.81. The number of hydrogen-bond donors (Lipinski definition) is 4. The van der Waals surface area contributed by atoms with Gasteiger partial charge in [0.1, 0.15) is 17.3 Å². The smallest absolute Gasteiger partial charge is 0.376 e. The number of hydrogen-bond acceptors (Lipinski definition) is 7. The van der Waals surface area contributed by atoms with Crippen molar-refractivity contribution in [3.8, 4) is 0 Å². The lowest BCUT2D eigenvalue weighted by molar-refractivity contribution is -0.146. The number of carboxylic acids is 2. The Morgan fingerprint density at radius 2 is 1.40 bits per heavy atom. The summed E-state index contributed by atoms with van der Waals surface area (Å²) >= 11 is 0. The highest BCUT2D eigenvalue weighted by Gasteiger charge is 2.30. The molecule has 1 aliphatic carbocycles. The fourth-order valence-corrected chi connectivity index (χ4v) is 3.53. The van der Waals surface area contributed by atoms with E-state index in [-0.39, 0.29) is 23.1 Å². The van der Waals surface area contributed by atoms with E-state index in [9.17, 15) is 38.6 Å². The number of aliphatic hydroxyl groups excluding tert-OH is 2. The molecule has 10 heteroatoms. The van der Waals surface area contributed by atoms with Gasteiger partial charge in [-0.15, -0.1) is 0 Å². The quantitative estimate of drug-likeness (QED) is 0.252. The van der Waals surface area contributed by atoms with E-state index in [0.29, 0.717) is 23.3 Å². The zero-order valence-electron chi connectivity index (χ0n) is 17.8. The predicted molar refractivity (Wildman–Crippen MR) is 118 cm³/mol. The first-order chi connectivity index (χ1) is 16.5. The standard InChI is InChI=1S/C25H17FO9/c26-15-4-1-12(2-5-15)7-14-9-18(20(28)11-22(30)25(34)35)23(31)17-8-13(3-6-16(14)17)19(27)10-21(29)24(32)33/h1-6,8-11,14,27-28H,7H2,(H,32,33)(H,34,35). The molecule has 2 aromatic carbocycles. The summed E-state index contributed by atoms with van der Waals surface area (Å²) in [4.78, 5) is 57.6. The molecule has 0 fully saturated rings. The van der Waals surface area contributed by atoms with E-state index in [1.54, 1.807) is 0 Å². The normalized spacial score (nSPS) is 15.7. The Morgan fingerprint density at radius 1 is 0.829 bits per heavy atom. The van der Waals surface area contributed by atoms with Crippen molar-refractivity contribution in [3.63, 3.8) is 0 Å². The molecule has 1 aliphatic rings. The second kappa shape index (κ2) is 9.96. The second-order valence-corrected chi connectivity index (χ2v) is 7.55. The molecule has 0 radical (unpaired) electrons. The lowest BCUT2D eigenvalue weighted by Crippen LogP contribution is -2.20. The lowest BCUT2D eigenvalue weighted by Gasteiger charge is -2.24. The molecule has 1 unspecified atom stereocenters. The first-order valence-corrected chi connectivity index (χ1v) is 9.99. The summed E-state index contributed by atoms with van der Waals surface area (Å²) in [5.74, 6) is -9.96. The van der Waals surface area contributed by atoms with Gasteiger partial charge in [0.25, 0.3) is 11.6 Å². The minimum Gasteiger partial charge on any atom is -0.507 e. The highest BCUT2D eigenvalue weighted by Crippen LogP contribution is 2.36. The summed E-state index contributed by atoms with van der Waals surface area (Å²) in [7, 11) is 0. The maximum Gasteiger partial charge on any atom is 0.376 e. The summed E-state index contributed by atoms with van der Waals surface area (Å²) in [6, 6.07) is 9.50. The number of carboxylic acid groups (broad SMARTS) is 2. The molecule has 4 N–H and O–H groups in total. The molecule has 0 aromatic heterocycles. The maximum atomic E-state index is 13.3. The molecular formula is C25H17FO9. The molecular weight excluding hydrogens is 463 g/mol. The number of halogens is 1. The number of aliphatic hydroxyl groups is 2. The van der Waals surface area contributed by atoms with Crippen LogP contribution in [0, 0.1) is 5.82 Å². The Balaban J connectivity index is 2.11. The van der Waals surface area contributed by atoms with Crippen molar-refractivity contribution < 1.29 is 48.8 Å². The molecule has 3 rings (SSSR count). The van der Waals surface area contributed by atoms with Crippen molar-refractivity contribution in [1.29, 1.82) is 0 Å². The van der Waals surface area contributed by atoms with Gasteiger partial charge in [-0.2, -0.15) is 0 Å². The number of carbonyl (C=O) groups is 5. The summed E-state index contributed by atoms with van der Waals surface area (Å²) in [6.07, 6.45) is 2.42. The molecule has 0 aliphatic heterocycles. The van der Waals surface area contributed by atoms with Crippen LogP contribution < -0.4 is 0 Å². The van der Waals surface area contributed by atoms with Crippen LogP contribution in [0.1, 0.15) is 33.0 Å². The van der Waals surface area contributed by atoms with Gasteiger partial charge >= 0.3 is 11.9 Å². The number of Topliss-reactive ketones (excluding diaryl/α,β-unsaturated/α-hetero) is 1. The van der Waals surface area contributed by atoms with E-state index in [1.165, 1.54) is 48.5 Å². The van der Waals surface area contributed by atoms with Crippen LogP contribution >= 0.6 is 0 Å². The monoisotopic (exact) mass is 480 g/mol. The van der Waals surface area contributed by atoms with E-state index in [1.807, 2.05) is 0 Å². The van der Waals surface area contributed by atoms with Crippen molar-refractivity contribution >= 4 is 35.0 Å². The van der Waals surface area contributed by atoms with Gasteiger partial charge in [-0.25, -0.2) is 14.0 Å². The van der Waals surface area contributed by atoms with Gasteiger partial charge in [-0.3, -0.25) is 14.4 Å². The van der Waals surface area contributed by atoms with Crippen LogP contribution in [0.5, 0.6) is 0 Å². The van der Waals surface area contributed by atoms with Gasteiger partial charge in [0.05, 0.1) is 5.57 Å². The van der Waals surface area contributed by atoms with Gasteiger partial charge in [0, 0.05) is 29.2 Å². The molecule has 0 saturated heterocycles. The predicted octanol–water partition coefficient (Wildman–Crippen LogP) is 2.92. The van der Waals surface area contributed by atoms with Gasteiger partial charge in [0.15, 0.2) is 5.78 Å². The van der Waals surface area contributed by atoms with E-state index in [4.69, 9.17) is 10.2 Å². The molecule has 1 atom stereocenters. The topological polar surface area (TPSA) is 166 Å². The number of fused-ring (bicyclic) bond motifs is 1. The third-order valence-corrected chi connectivity index (χ3v) is 5.21. The number of benzene rings is 2. The molecule has 0 heterocycles. The number of aliphatic carboxylic acids is 2. The summed E-state index contributed by atoms with van der Waals surface area (Å²) in [5.41, 5.74) is 0.607. The van der Waals surface area contributed by atoms with Crippen molar-refractivity contribution in [3.05, 3.63) is 100 Å². The molecule has 0 bridgehead atoms. The van der Waals surface area contributed by atoms with Crippen LogP contribution in [0.4, 0.5) is 4.39 Å². The third kappa shape index (κ3) is 5.56. The van der Waals surface area contributed by atoms with Crippen LogP contribution in [0.2, 0.25) is 0 Å². The molecule has 2 aromatic rings. The molecule has 0 amide bonds. The maximum absolute atomic E-state index is 13.3. The van der Waals surface area contributed by atoms with Gasteiger partial charge in [-0.1, -0.05) is 30.3 Å². The number of carbonyl (C=O) groups excluding carboxylic acids is 3. The van der Waals surface area contributed by atoms with Crippen molar-refractivity contribution in [2.45, 2.75) is 12.3 Å². The van der Waals surface area contributed by atoms with Crippen LogP contribution in [-0.2, 0) is 25.6 Å². The van der Waals surface area contributed by atoms with Gasteiger partial charge in [0.2, 0.25) is 0 Å². The summed E-state index contributed by atoms with van der Waals surface area (Å²) in [5, 5.41) is 38.0. The molecule has 0 spiro atoms. The first kappa shape index (κ1) is 24.8. The van der Waals surface area contributed by atoms with E-state index in [0.717, 1.165) is 0 Å². The largest absolute Gasteiger partial charge is 0.507 e.